The Balaban J connectivity index is 1.65. The van der Waals surface area contributed by atoms with Gasteiger partial charge >= 0.3 is 6.03 Å². The van der Waals surface area contributed by atoms with E-state index in [9.17, 15) is 9.59 Å². The molecule has 0 bridgehead atoms. The van der Waals surface area contributed by atoms with Crippen LogP contribution < -0.4 is 10.6 Å². The van der Waals surface area contributed by atoms with Crippen molar-refractivity contribution >= 4 is 34.9 Å². The molecule has 1 fully saturated rings. The number of hydrogen-bond acceptors (Lipinski definition) is 2. The summed E-state index contributed by atoms with van der Waals surface area (Å²) >= 11 is 5.82. The second-order valence-electron chi connectivity index (χ2n) is 5.67. The van der Waals surface area contributed by atoms with E-state index in [4.69, 9.17) is 11.6 Å². The summed E-state index contributed by atoms with van der Waals surface area (Å²) < 4.78 is 0. The van der Waals surface area contributed by atoms with Gasteiger partial charge in [-0.3, -0.25) is 4.79 Å². The maximum atomic E-state index is 12.2. The second kappa shape index (κ2) is 7.36. The van der Waals surface area contributed by atoms with Crippen molar-refractivity contribution < 1.29 is 9.59 Å². The lowest BCUT2D eigenvalue weighted by atomic mass is 10.2. The van der Waals surface area contributed by atoms with Crippen LogP contribution in [-0.4, -0.2) is 29.9 Å². The molecule has 0 spiro atoms. The van der Waals surface area contributed by atoms with Gasteiger partial charge in [-0.25, -0.2) is 4.79 Å². The van der Waals surface area contributed by atoms with Gasteiger partial charge in [-0.15, -0.1) is 0 Å². The quantitative estimate of drug-likeness (QED) is 0.876. The average molecular weight is 344 g/mol. The first-order valence-electron chi connectivity index (χ1n) is 7.85. The summed E-state index contributed by atoms with van der Waals surface area (Å²) in [7, 11) is 0. The molecule has 1 heterocycles. The van der Waals surface area contributed by atoms with Gasteiger partial charge in [-0.2, -0.15) is 0 Å². The van der Waals surface area contributed by atoms with Crippen molar-refractivity contribution in [2.75, 3.05) is 23.7 Å². The fourth-order valence-electron chi connectivity index (χ4n) is 2.60. The zero-order valence-corrected chi connectivity index (χ0v) is 13.8. The third kappa shape index (κ3) is 4.06. The van der Waals surface area contributed by atoms with Crippen LogP contribution in [0.1, 0.15) is 23.2 Å². The first-order valence-corrected chi connectivity index (χ1v) is 8.22. The number of halogens is 1. The van der Waals surface area contributed by atoms with E-state index in [1.165, 1.54) is 0 Å². The van der Waals surface area contributed by atoms with Crippen molar-refractivity contribution in [3.8, 4) is 0 Å². The predicted molar refractivity (Wildman–Crippen MR) is 95.7 cm³/mol. The first-order chi connectivity index (χ1) is 11.6. The Morgan fingerprint density at radius 3 is 2.21 bits per heavy atom. The molecule has 3 rings (SSSR count). The Bertz CT molecular complexity index is 740. The van der Waals surface area contributed by atoms with E-state index in [1.807, 2.05) is 0 Å². The maximum Gasteiger partial charge on any atom is 0.321 e. The molecule has 1 saturated heterocycles. The van der Waals surface area contributed by atoms with E-state index >= 15 is 0 Å². The van der Waals surface area contributed by atoms with Crippen LogP contribution in [0.2, 0.25) is 5.02 Å². The summed E-state index contributed by atoms with van der Waals surface area (Å²) in [6, 6.07) is 13.7. The highest BCUT2D eigenvalue weighted by Crippen LogP contribution is 2.18. The topological polar surface area (TPSA) is 61.4 Å². The molecule has 0 saturated carbocycles. The number of carbonyl (C=O) groups is 2. The van der Waals surface area contributed by atoms with Crippen LogP contribution in [0, 0.1) is 0 Å². The number of amides is 3. The molecule has 1 aliphatic rings. The number of benzene rings is 2. The average Bonchev–Trinajstić information content (AvgIpc) is 3.10. The van der Waals surface area contributed by atoms with Gasteiger partial charge < -0.3 is 15.5 Å². The monoisotopic (exact) mass is 343 g/mol. The number of rotatable bonds is 3. The lowest BCUT2D eigenvalue weighted by molar-refractivity contribution is 0.102. The predicted octanol–water partition coefficient (Wildman–Crippen LogP) is 4.22. The van der Waals surface area contributed by atoms with Crippen LogP contribution >= 0.6 is 11.6 Å². The highest BCUT2D eigenvalue weighted by Gasteiger charge is 2.17. The molecule has 0 radical (unpaired) electrons. The van der Waals surface area contributed by atoms with E-state index in [0.29, 0.717) is 22.0 Å². The van der Waals surface area contributed by atoms with Crippen LogP contribution in [0.4, 0.5) is 16.2 Å². The zero-order chi connectivity index (χ0) is 16.9. The Hall–Kier alpha value is -2.53. The van der Waals surface area contributed by atoms with Crippen molar-refractivity contribution in [2.24, 2.45) is 0 Å². The maximum absolute atomic E-state index is 12.2. The minimum atomic E-state index is -0.227. The van der Waals surface area contributed by atoms with E-state index < -0.39 is 0 Å². The van der Waals surface area contributed by atoms with Gasteiger partial charge in [-0.1, -0.05) is 17.7 Å². The molecule has 1 aliphatic heterocycles. The second-order valence-corrected chi connectivity index (χ2v) is 6.10. The molecule has 2 N–H and O–H groups in total. The number of nitrogens with zero attached hydrogens (tertiary/aromatic N) is 1. The van der Waals surface area contributed by atoms with Crippen LogP contribution in [-0.2, 0) is 0 Å². The molecule has 0 aromatic heterocycles. The SMILES string of the molecule is O=C(Nc1cccc(NC(=O)N2CCCC2)c1)c1ccc(Cl)cc1. The zero-order valence-electron chi connectivity index (χ0n) is 13.1. The van der Waals surface area contributed by atoms with Crippen molar-refractivity contribution in [3.05, 3.63) is 59.1 Å². The molecule has 0 unspecified atom stereocenters. The molecule has 0 atom stereocenters. The summed E-state index contributed by atoms with van der Waals surface area (Å²) in [5.41, 5.74) is 1.79. The highest BCUT2D eigenvalue weighted by atomic mass is 35.5. The largest absolute Gasteiger partial charge is 0.325 e. The van der Waals surface area contributed by atoms with E-state index in [-0.39, 0.29) is 11.9 Å². The molecule has 124 valence electrons. The van der Waals surface area contributed by atoms with Crippen LogP contribution in [0.3, 0.4) is 0 Å². The number of anilines is 2. The Kier molecular flexibility index (Phi) is 5.01. The Morgan fingerprint density at radius 1 is 0.917 bits per heavy atom. The minimum Gasteiger partial charge on any atom is -0.325 e. The van der Waals surface area contributed by atoms with Crippen molar-refractivity contribution in [1.82, 2.24) is 4.90 Å². The van der Waals surface area contributed by atoms with Gasteiger partial charge in [0.05, 0.1) is 0 Å². The molecule has 6 heteroatoms. The molecular weight excluding hydrogens is 326 g/mol. The Labute approximate surface area is 145 Å². The molecule has 24 heavy (non-hydrogen) atoms. The van der Waals surface area contributed by atoms with Gasteiger partial charge in [-0.05, 0) is 55.3 Å². The molecule has 2 aromatic rings. The van der Waals surface area contributed by atoms with Crippen molar-refractivity contribution in [2.45, 2.75) is 12.8 Å². The highest BCUT2D eigenvalue weighted by molar-refractivity contribution is 6.30. The molecule has 2 aromatic carbocycles. The summed E-state index contributed by atoms with van der Waals surface area (Å²) in [6.45, 7) is 1.58. The van der Waals surface area contributed by atoms with Gasteiger partial charge in [0.2, 0.25) is 0 Å². The summed E-state index contributed by atoms with van der Waals surface area (Å²) in [5.74, 6) is -0.227. The van der Waals surface area contributed by atoms with Crippen LogP contribution in [0.15, 0.2) is 48.5 Å². The lowest BCUT2D eigenvalue weighted by Gasteiger charge is -2.16. The third-order valence-corrected chi connectivity index (χ3v) is 4.12. The molecule has 5 nitrogen and oxygen atoms in total. The van der Waals surface area contributed by atoms with E-state index in [0.717, 1.165) is 25.9 Å². The summed E-state index contributed by atoms with van der Waals surface area (Å²) in [5, 5.41) is 6.26. The Morgan fingerprint density at radius 2 is 1.54 bits per heavy atom. The standard InChI is InChI=1S/C18H18ClN3O2/c19-14-8-6-13(7-9-14)17(23)20-15-4-3-5-16(12-15)21-18(24)22-10-1-2-11-22/h3-9,12H,1-2,10-11H2,(H,20,23)(H,21,24). The number of urea groups is 1. The van der Waals surface area contributed by atoms with E-state index in [2.05, 4.69) is 10.6 Å². The van der Waals surface area contributed by atoms with Crippen molar-refractivity contribution in [3.63, 3.8) is 0 Å². The van der Waals surface area contributed by atoms with Crippen LogP contribution in [0.25, 0.3) is 0 Å². The molecule has 3 amide bonds. The van der Waals surface area contributed by atoms with Gasteiger partial charge in [0.1, 0.15) is 0 Å². The van der Waals surface area contributed by atoms with Gasteiger partial charge in [0.25, 0.3) is 5.91 Å². The number of carbonyl (C=O) groups excluding carboxylic acids is 2. The van der Waals surface area contributed by atoms with Gasteiger partial charge in [0.15, 0.2) is 0 Å². The molecule has 0 aliphatic carbocycles. The molecular formula is C18H18ClN3O2. The summed E-state index contributed by atoms with van der Waals surface area (Å²) in [4.78, 5) is 26.1. The third-order valence-electron chi connectivity index (χ3n) is 3.87. The van der Waals surface area contributed by atoms with E-state index in [1.54, 1.807) is 53.4 Å². The smallest absolute Gasteiger partial charge is 0.321 e. The number of hydrogen-bond donors (Lipinski definition) is 2. The van der Waals surface area contributed by atoms with Gasteiger partial charge in [0, 0.05) is 35.1 Å². The minimum absolute atomic E-state index is 0.103. The first kappa shape index (κ1) is 16.3. The number of likely N-dealkylation sites (tertiary alicyclic amines) is 1. The number of nitrogens with one attached hydrogen (secondary N) is 2. The lowest BCUT2D eigenvalue weighted by Crippen LogP contribution is -2.32. The van der Waals surface area contributed by atoms with Crippen molar-refractivity contribution in [1.29, 1.82) is 0 Å². The van der Waals surface area contributed by atoms with Crippen LogP contribution in [0.5, 0.6) is 0 Å². The normalized spacial score (nSPS) is 13.6. The fourth-order valence-corrected chi connectivity index (χ4v) is 2.73. The summed E-state index contributed by atoms with van der Waals surface area (Å²) in [6.07, 6.45) is 2.09. The fraction of sp³-hybridized carbons (Fsp3) is 0.222.